The van der Waals surface area contributed by atoms with Gasteiger partial charge >= 0.3 is 0 Å². The van der Waals surface area contributed by atoms with Crippen LogP contribution in [0.15, 0.2) is 18.2 Å². The first-order chi connectivity index (χ1) is 8.99. The Morgan fingerprint density at radius 3 is 2.37 bits per heavy atom. The molecule has 1 aliphatic rings. The molecule has 2 rings (SSSR count). The zero-order valence-corrected chi connectivity index (χ0v) is 11.8. The van der Waals surface area contributed by atoms with Crippen molar-refractivity contribution in [2.75, 3.05) is 31.1 Å². The molecule has 1 aliphatic heterocycles. The summed E-state index contributed by atoms with van der Waals surface area (Å²) in [7, 11) is 0. The van der Waals surface area contributed by atoms with Crippen LogP contribution in [-0.2, 0) is 0 Å². The van der Waals surface area contributed by atoms with E-state index in [1.54, 1.807) is 13.0 Å². The molecule has 0 N–H and O–H groups in total. The van der Waals surface area contributed by atoms with Crippen molar-refractivity contribution in [3.05, 3.63) is 33.9 Å². The van der Waals surface area contributed by atoms with E-state index in [0.717, 1.165) is 37.4 Å². The molecule has 1 saturated heterocycles. The van der Waals surface area contributed by atoms with Gasteiger partial charge in [0.25, 0.3) is 5.69 Å². The van der Waals surface area contributed by atoms with Crippen molar-refractivity contribution in [2.45, 2.75) is 26.8 Å². The van der Waals surface area contributed by atoms with Gasteiger partial charge in [0.2, 0.25) is 0 Å². The first kappa shape index (κ1) is 13.8. The van der Waals surface area contributed by atoms with Crippen molar-refractivity contribution >= 4 is 11.4 Å². The van der Waals surface area contributed by atoms with Gasteiger partial charge in [-0.3, -0.25) is 15.0 Å². The van der Waals surface area contributed by atoms with Gasteiger partial charge in [0.05, 0.1) is 4.92 Å². The van der Waals surface area contributed by atoms with E-state index in [0.29, 0.717) is 6.04 Å². The Morgan fingerprint density at radius 2 is 1.84 bits per heavy atom. The maximum absolute atomic E-state index is 11.0. The van der Waals surface area contributed by atoms with Crippen molar-refractivity contribution < 1.29 is 4.92 Å². The SMILES string of the molecule is Cc1ccc(N2CCN(C(C)C)CC2)cc1[N+](=O)[O-]. The second-order valence-corrected chi connectivity index (χ2v) is 5.34. The van der Waals surface area contributed by atoms with Gasteiger partial charge in [-0.2, -0.15) is 0 Å². The molecule has 0 bridgehead atoms. The standard InChI is InChI=1S/C14H21N3O2/c1-11(2)15-6-8-16(9-7-15)13-5-4-12(3)14(10-13)17(18)19/h4-5,10-11H,6-9H2,1-3H3. The monoisotopic (exact) mass is 263 g/mol. The minimum absolute atomic E-state index is 0.212. The highest BCUT2D eigenvalue weighted by Gasteiger charge is 2.20. The van der Waals surface area contributed by atoms with Gasteiger partial charge in [-0.05, 0) is 26.8 Å². The van der Waals surface area contributed by atoms with E-state index in [4.69, 9.17) is 0 Å². The molecule has 1 aromatic rings. The van der Waals surface area contributed by atoms with E-state index in [1.165, 1.54) is 0 Å². The molecule has 104 valence electrons. The quantitative estimate of drug-likeness (QED) is 0.621. The second kappa shape index (κ2) is 5.57. The molecule has 0 aliphatic carbocycles. The van der Waals surface area contributed by atoms with Crippen molar-refractivity contribution in [1.29, 1.82) is 0 Å². The number of aryl methyl sites for hydroxylation is 1. The molecule has 1 aromatic carbocycles. The number of benzene rings is 1. The summed E-state index contributed by atoms with van der Waals surface area (Å²) in [6, 6.07) is 6.07. The lowest BCUT2D eigenvalue weighted by Gasteiger charge is -2.38. The van der Waals surface area contributed by atoms with Gasteiger partial charge in [-0.15, -0.1) is 0 Å². The summed E-state index contributed by atoms with van der Waals surface area (Å²) in [5, 5.41) is 11.0. The Morgan fingerprint density at radius 1 is 1.21 bits per heavy atom. The molecular formula is C14H21N3O2. The molecule has 1 heterocycles. The Kier molecular flexibility index (Phi) is 4.04. The summed E-state index contributed by atoms with van der Waals surface area (Å²) in [5.74, 6) is 0. The molecular weight excluding hydrogens is 242 g/mol. The molecule has 0 radical (unpaired) electrons. The molecule has 0 spiro atoms. The van der Waals surface area contributed by atoms with Crippen LogP contribution in [0.3, 0.4) is 0 Å². The molecule has 5 nitrogen and oxygen atoms in total. The fraction of sp³-hybridized carbons (Fsp3) is 0.571. The predicted octanol–water partition coefficient (Wildman–Crippen LogP) is 2.43. The van der Waals surface area contributed by atoms with Crippen molar-refractivity contribution in [2.24, 2.45) is 0 Å². The van der Waals surface area contributed by atoms with Gasteiger partial charge in [-0.25, -0.2) is 0 Å². The highest BCUT2D eigenvalue weighted by Crippen LogP contribution is 2.26. The lowest BCUT2D eigenvalue weighted by atomic mass is 10.1. The smallest absolute Gasteiger partial charge is 0.274 e. The molecule has 0 aromatic heterocycles. The summed E-state index contributed by atoms with van der Waals surface area (Å²) < 4.78 is 0. The van der Waals surface area contributed by atoms with E-state index >= 15 is 0 Å². The van der Waals surface area contributed by atoms with E-state index in [1.807, 2.05) is 12.1 Å². The van der Waals surface area contributed by atoms with Crippen molar-refractivity contribution in [3.63, 3.8) is 0 Å². The zero-order chi connectivity index (χ0) is 14.0. The largest absolute Gasteiger partial charge is 0.369 e. The number of hydrogen-bond donors (Lipinski definition) is 0. The van der Waals surface area contributed by atoms with Gasteiger partial charge in [0, 0.05) is 49.5 Å². The van der Waals surface area contributed by atoms with Crippen LogP contribution >= 0.6 is 0 Å². The normalized spacial score (nSPS) is 16.9. The minimum atomic E-state index is -0.302. The average Bonchev–Trinajstić information content (AvgIpc) is 2.39. The maximum atomic E-state index is 11.0. The summed E-state index contributed by atoms with van der Waals surface area (Å²) in [5.41, 5.74) is 1.89. The topological polar surface area (TPSA) is 49.6 Å². The minimum Gasteiger partial charge on any atom is -0.369 e. The fourth-order valence-corrected chi connectivity index (χ4v) is 2.49. The molecule has 19 heavy (non-hydrogen) atoms. The van der Waals surface area contributed by atoms with E-state index in [-0.39, 0.29) is 10.6 Å². The summed E-state index contributed by atoms with van der Waals surface area (Å²) in [6.07, 6.45) is 0. The third-order valence-corrected chi connectivity index (χ3v) is 3.80. The Balaban J connectivity index is 2.12. The Labute approximate surface area is 114 Å². The highest BCUT2D eigenvalue weighted by molar-refractivity contribution is 5.56. The van der Waals surface area contributed by atoms with E-state index in [2.05, 4.69) is 23.6 Å². The molecule has 0 atom stereocenters. The number of hydrogen-bond acceptors (Lipinski definition) is 4. The van der Waals surface area contributed by atoms with Crippen LogP contribution < -0.4 is 4.90 Å². The van der Waals surface area contributed by atoms with Crippen LogP contribution in [0.25, 0.3) is 0 Å². The van der Waals surface area contributed by atoms with Crippen LogP contribution in [0.5, 0.6) is 0 Å². The summed E-state index contributed by atoms with van der Waals surface area (Å²) >= 11 is 0. The average molecular weight is 263 g/mol. The predicted molar refractivity (Wildman–Crippen MR) is 76.8 cm³/mol. The van der Waals surface area contributed by atoms with Crippen LogP contribution in [0.1, 0.15) is 19.4 Å². The molecule has 1 fully saturated rings. The Bertz CT molecular complexity index is 466. The lowest BCUT2D eigenvalue weighted by molar-refractivity contribution is -0.385. The van der Waals surface area contributed by atoms with Gasteiger partial charge in [-0.1, -0.05) is 6.07 Å². The number of piperazine rings is 1. The van der Waals surface area contributed by atoms with Crippen molar-refractivity contribution in [1.82, 2.24) is 4.90 Å². The molecule has 0 saturated carbocycles. The third kappa shape index (κ3) is 3.04. The molecule has 0 amide bonds. The van der Waals surface area contributed by atoms with Crippen LogP contribution in [0, 0.1) is 17.0 Å². The lowest BCUT2D eigenvalue weighted by Crippen LogP contribution is -2.48. The van der Waals surface area contributed by atoms with Crippen LogP contribution in [0.4, 0.5) is 11.4 Å². The van der Waals surface area contributed by atoms with Crippen LogP contribution in [0.2, 0.25) is 0 Å². The number of nitro groups is 1. The molecule has 0 unspecified atom stereocenters. The zero-order valence-electron chi connectivity index (χ0n) is 11.8. The van der Waals surface area contributed by atoms with Crippen LogP contribution in [-0.4, -0.2) is 42.0 Å². The van der Waals surface area contributed by atoms with Gasteiger partial charge in [0.15, 0.2) is 0 Å². The van der Waals surface area contributed by atoms with Crippen molar-refractivity contribution in [3.8, 4) is 0 Å². The second-order valence-electron chi connectivity index (χ2n) is 5.34. The van der Waals surface area contributed by atoms with E-state index < -0.39 is 0 Å². The number of nitro benzene ring substituents is 1. The number of nitrogens with zero attached hydrogens (tertiary/aromatic N) is 3. The maximum Gasteiger partial charge on any atom is 0.274 e. The van der Waals surface area contributed by atoms with Gasteiger partial charge < -0.3 is 4.90 Å². The summed E-state index contributed by atoms with van der Waals surface area (Å²) in [4.78, 5) is 15.3. The Hall–Kier alpha value is -1.62. The molecule has 5 heteroatoms. The fourth-order valence-electron chi connectivity index (χ4n) is 2.49. The summed E-state index contributed by atoms with van der Waals surface area (Å²) in [6.45, 7) is 10.1. The third-order valence-electron chi connectivity index (χ3n) is 3.80. The highest BCUT2D eigenvalue weighted by atomic mass is 16.6. The number of rotatable bonds is 3. The van der Waals surface area contributed by atoms with Gasteiger partial charge in [0.1, 0.15) is 0 Å². The first-order valence-electron chi connectivity index (χ1n) is 6.73. The first-order valence-corrected chi connectivity index (χ1v) is 6.73. The van der Waals surface area contributed by atoms with E-state index in [9.17, 15) is 10.1 Å². The number of anilines is 1.